The molecule has 15 amide bonds. The number of nitrogens with one attached hydrogen (secondary N) is 10. The number of hydrogen-bond donors (Lipinski definition) is 16. The molecule has 2 saturated heterocycles. The van der Waals surface area contributed by atoms with Crippen LogP contribution in [0.4, 0.5) is 15.3 Å². The van der Waals surface area contributed by atoms with Crippen molar-refractivity contribution in [2.24, 2.45) is 35.5 Å². The number of amides is 15. The molecular weight excluding hydrogens is 1700 g/mol. The minimum absolute atomic E-state index is 0.0159. The number of imide groups is 1. The molecule has 2 aromatic rings. The lowest BCUT2D eigenvalue weighted by Crippen LogP contribution is -2.60. The van der Waals surface area contributed by atoms with Crippen molar-refractivity contribution in [3.63, 3.8) is 0 Å². The first-order valence-electron chi connectivity index (χ1n) is 42.5. The first-order valence-corrected chi connectivity index (χ1v) is 43.6. The fourth-order valence-electron chi connectivity index (χ4n) is 14.2. The quantitative estimate of drug-likeness (QED) is 0.0239. The van der Waals surface area contributed by atoms with Crippen molar-refractivity contribution in [3.05, 3.63) is 65.7 Å². The number of likely N-dealkylation sites (N-methyl/N-ethyl adjacent to an activating group) is 2. The molecule has 4 rings (SSSR count). The van der Waals surface area contributed by atoms with E-state index in [9.17, 15) is 107 Å². The highest BCUT2D eigenvalue weighted by Crippen LogP contribution is 2.31. The van der Waals surface area contributed by atoms with Gasteiger partial charge in [0.1, 0.15) is 61.5 Å². The van der Waals surface area contributed by atoms with Gasteiger partial charge in [0.05, 0.1) is 68.3 Å². The largest absolute Gasteiger partial charge is 0.481 e. The summed E-state index contributed by atoms with van der Waals surface area (Å²) in [6.45, 7) is 16.4. The van der Waals surface area contributed by atoms with Crippen molar-refractivity contribution in [1.29, 1.82) is 0 Å². The Hall–Kier alpha value is -11.2. The van der Waals surface area contributed by atoms with E-state index >= 15 is 0 Å². The van der Waals surface area contributed by atoms with Gasteiger partial charge in [0.25, 0.3) is 0 Å². The Labute approximate surface area is 747 Å². The number of benzene rings is 2. The molecule has 43 nitrogen and oxygen atoms in total. The Kier molecular flexibility index (Phi) is 47.3. The summed E-state index contributed by atoms with van der Waals surface area (Å²) in [5, 5.41) is 73.5. The number of carbonyl (C=O) groups is 18. The van der Waals surface area contributed by atoms with Crippen LogP contribution in [0.15, 0.2) is 54.6 Å². The highest BCUT2D eigenvalue weighted by Gasteiger charge is 2.45. The molecule has 2 unspecified atom stereocenters. The molecule has 128 heavy (non-hydrogen) atoms. The van der Waals surface area contributed by atoms with Gasteiger partial charge in [-0.25, -0.2) is 29.9 Å². The van der Waals surface area contributed by atoms with Crippen LogP contribution in [-0.2, 0) is 114 Å². The second kappa shape index (κ2) is 55.5. The summed E-state index contributed by atoms with van der Waals surface area (Å²) in [6, 6.07) is 1.80. The fraction of sp³-hybridized carbons (Fsp3) is 0.643. The number of nitrogens with two attached hydrogens (primary N) is 1. The molecule has 2 aliphatic rings. The number of likely N-dealkylation sites (tertiary alicyclic amines) is 2. The van der Waals surface area contributed by atoms with E-state index in [0.717, 1.165) is 21.6 Å². The monoisotopic (exact) mass is 1830 g/mol. The van der Waals surface area contributed by atoms with Crippen LogP contribution in [0.25, 0.3) is 0 Å². The van der Waals surface area contributed by atoms with E-state index in [1.165, 1.54) is 49.9 Å². The molecule has 714 valence electrons. The minimum Gasteiger partial charge on any atom is -0.481 e. The SMILES string of the molecule is CC[C@H](C)[C@@H]([C@@H](CC(=O)N1CCC[C@H]1[C@H](O)[C@@H](C)C(=O)N[C@@H](Cc1ccccc1)C(=O)O)OC)N(C)C(=O)[C@@H](NC(=O)[C@H](C(C)C)N(C)C(=O)OCc1ccc(NC(=O)[C@H](C)NC(=O)[C@@H](NC(=O)C(CCC(=O)NCCOCCOCCNC(=O)CCN2C(=O)CC(SCC[C@H](NC(=O)N[C@@H](CCC(=O)O)C(=O)O)C(=O)O)C2=O)NC(=O)CON)C(C)C)cc1)C(C)C. The maximum Gasteiger partial charge on any atom is 0.410 e. The van der Waals surface area contributed by atoms with Crippen molar-refractivity contribution in [1.82, 2.24) is 67.5 Å². The Morgan fingerprint density at radius 3 is 1.73 bits per heavy atom. The van der Waals surface area contributed by atoms with Gasteiger partial charge in [-0.15, -0.1) is 11.8 Å². The van der Waals surface area contributed by atoms with Gasteiger partial charge < -0.3 is 107 Å². The standard InChI is InChI=1S/C84H129N15O28S/c1-14-49(8)71(60(123-13)42-65(103)98-34-18-21-59(98)72(107)50(9)73(108)91-58(82(119)120)41-52-19-16-15-17-20-52)96(11)79(114)69(47(4)5)95-77(112)70(48(6)7)97(12)84(122)126-44-53-22-24-54(25-23-53)89-74(109)51(10)88-76(111)68(46(2)3)94-75(110)55(90-64(102)45-127-85)26-28-62(100)86-32-36-124-38-39-125-37-33-87-63(101)30-35-99-66(104)43-61(78(99)113)128-40-31-57(81(117)118)93-83(121)92-56(80(115)116)27-29-67(105)106/h15-17,19-20,22-25,46-51,55-61,68-72,107H,14,18,21,26-45,85H2,1-13H3,(H,86,100)(H,87,101)(H,88,111)(H,89,109)(H,90,102)(H,91,108)(H,94,110)(H,95,112)(H,105,106)(H,115,116)(H,117,118)(H,119,120)(H2,92,93,121)/t49-,50+,51-,55?,56-,57-,58-,59-,60+,61?,68-,69-,70-,71-,72+/m0/s1. The molecule has 0 saturated carbocycles. The van der Waals surface area contributed by atoms with E-state index in [-0.39, 0.29) is 122 Å². The minimum atomic E-state index is -1.60. The predicted octanol–water partition coefficient (Wildman–Crippen LogP) is 0.215. The maximum absolute atomic E-state index is 14.8. The number of ether oxygens (including phenoxy) is 4. The number of methoxy groups -OCH3 is 1. The summed E-state index contributed by atoms with van der Waals surface area (Å²) in [7, 11) is 4.38. The number of carboxylic acid groups (broad SMARTS) is 4. The molecule has 44 heteroatoms. The summed E-state index contributed by atoms with van der Waals surface area (Å²) in [6.07, 6.45) is -4.12. The van der Waals surface area contributed by atoms with Crippen LogP contribution in [0, 0.1) is 29.6 Å². The molecular formula is C84H129N15O28S. The van der Waals surface area contributed by atoms with Gasteiger partial charge >= 0.3 is 36.0 Å². The molecule has 0 aromatic heterocycles. The van der Waals surface area contributed by atoms with Crippen molar-refractivity contribution >= 4 is 124 Å². The predicted molar refractivity (Wildman–Crippen MR) is 461 cm³/mol. The van der Waals surface area contributed by atoms with Crippen LogP contribution >= 0.6 is 11.8 Å². The van der Waals surface area contributed by atoms with Crippen LogP contribution in [0.2, 0.25) is 0 Å². The van der Waals surface area contributed by atoms with Gasteiger partial charge in [-0.1, -0.05) is 111 Å². The van der Waals surface area contributed by atoms with Gasteiger partial charge in [0, 0.05) is 85.2 Å². The number of aliphatic hydroxyl groups is 1. The third-order valence-electron chi connectivity index (χ3n) is 21.7. The van der Waals surface area contributed by atoms with Crippen LogP contribution in [-0.4, -0.2) is 316 Å². The first-order chi connectivity index (χ1) is 60.5. The molecule has 0 radical (unpaired) electrons. The van der Waals surface area contributed by atoms with E-state index < -0.39 is 228 Å². The average Bonchev–Trinajstić information content (AvgIpc) is 1.65. The zero-order chi connectivity index (χ0) is 95.8. The normalized spacial score (nSPS) is 16.8. The molecule has 2 aliphatic heterocycles. The van der Waals surface area contributed by atoms with Crippen LogP contribution in [0.1, 0.15) is 151 Å². The van der Waals surface area contributed by atoms with E-state index in [2.05, 4.69) is 52.7 Å². The molecule has 17 N–H and O–H groups in total. The van der Waals surface area contributed by atoms with E-state index in [1.54, 1.807) is 91.1 Å². The number of aliphatic carboxylic acids is 4. The smallest absolute Gasteiger partial charge is 0.410 e. The Bertz CT molecular complexity index is 4070. The summed E-state index contributed by atoms with van der Waals surface area (Å²) >= 11 is 0.959. The Balaban J connectivity index is 1.20. The number of thioether (sulfide) groups is 1. The van der Waals surface area contributed by atoms with Crippen LogP contribution in [0.3, 0.4) is 0 Å². The summed E-state index contributed by atoms with van der Waals surface area (Å²) in [5.74, 6) is -10.9. The summed E-state index contributed by atoms with van der Waals surface area (Å²) < 4.78 is 22.7. The number of rotatable bonds is 58. The lowest BCUT2D eigenvalue weighted by molar-refractivity contribution is -0.148. The molecule has 0 bridgehead atoms. The van der Waals surface area contributed by atoms with Crippen LogP contribution in [0.5, 0.6) is 0 Å². The Morgan fingerprint density at radius 1 is 0.602 bits per heavy atom. The number of carboxylic acids is 4. The topological polar surface area (TPSA) is 614 Å². The van der Waals surface area contributed by atoms with Gasteiger partial charge in [0.15, 0.2) is 0 Å². The average molecular weight is 1830 g/mol. The zero-order valence-corrected chi connectivity index (χ0v) is 75.6. The molecule has 2 fully saturated rings. The third kappa shape index (κ3) is 36.2. The maximum atomic E-state index is 14.8. The van der Waals surface area contributed by atoms with Gasteiger partial charge in [-0.2, -0.15) is 0 Å². The summed E-state index contributed by atoms with van der Waals surface area (Å²) in [5.41, 5.74) is 1.45. The number of hydrogen-bond acceptors (Lipinski definition) is 26. The number of urea groups is 1. The molecule has 2 heterocycles. The lowest BCUT2D eigenvalue weighted by atomic mass is 9.89. The number of aliphatic hydroxyl groups excluding tert-OH is 1. The number of anilines is 1. The Morgan fingerprint density at radius 2 is 1.18 bits per heavy atom. The molecule has 0 aliphatic carbocycles. The zero-order valence-electron chi connectivity index (χ0n) is 74.8. The molecule has 15 atom stereocenters. The van der Waals surface area contributed by atoms with Crippen LogP contribution < -0.4 is 59.1 Å². The van der Waals surface area contributed by atoms with Crippen molar-refractivity contribution < 1.29 is 136 Å². The summed E-state index contributed by atoms with van der Waals surface area (Å²) in [4.78, 5) is 244. The van der Waals surface area contributed by atoms with Gasteiger partial charge in [0.2, 0.25) is 70.9 Å². The van der Waals surface area contributed by atoms with Crippen molar-refractivity contribution in [2.45, 2.75) is 231 Å². The molecule has 0 spiro atoms. The molecule has 2 aromatic carbocycles. The lowest BCUT2D eigenvalue weighted by Gasteiger charge is -2.41. The highest BCUT2D eigenvalue weighted by molar-refractivity contribution is 8.00. The fourth-order valence-corrected chi connectivity index (χ4v) is 15.4. The second-order valence-electron chi connectivity index (χ2n) is 32.4. The van der Waals surface area contributed by atoms with Crippen molar-refractivity contribution in [2.75, 3.05) is 91.5 Å². The number of carbonyl (C=O) groups excluding carboxylic acids is 14. The van der Waals surface area contributed by atoms with Gasteiger partial charge in [-0.05, 0) is 91.7 Å². The van der Waals surface area contributed by atoms with Crippen molar-refractivity contribution in [3.8, 4) is 0 Å². The first kappa shape index (κ1) is 109. The van der Waals surface area contributed by atoms with E-state index in [4.69, 9.17) is 30.0 Å². The second-order valence-corrected chi connectivity index (χ2v) is 33.7. The van der Waals surface area contributed by atoms with Gasteiger partial charge in [-0.3, -0.25) is 77.0 Å². The van der Waals surface area contributed by atoms with E-state index in [1.807, 2.05) is 19.2 Å². The third-order valence-corrected chi connectivity index (χ3v) is 23.0. The van der Waals surface area contributed by atoms with E-state index in [0.29, 0.717) is 30.4 Å². The highest BCUT2D eigenvalue weighted by atomic mass is 32.2. The number of nitrogens with zero attached hydrogens (tertiary/aromatic N) is 4.